The zero-order chi connectivity index (χ0) is 15.2. The van der Waals surface area contributed by atoms with Crippen molar-refractivity contribution in [2.24, 2.45) is 0 Å². The van der Waals surface area contributed by atoms with Crippen LogP contribution in [-0.4, -0.2) is 52.6 Å². The molecule has 0 atom stereocenters. The molecule has 0 N–H and O–H groups in total. The van der Waals surface area contributed by atoms with Gasteiger partial charge in [0.1, 0.15) is 5.41 Å². The zero-order valence-corrected chi connectivity index (χ0v) is 13.8. The van der Waals surface area contributed by atoms with E-state index >= 15 is 0 Å². The molecule has 0 bridgehead atoms. The molecule has 1 amide bonds. The van der Waals surface area contributed by atoms with E-state index in [0.717, 1.165) is 10.0 Å². The first-order valence-corrected chi connectivity index (χ1v) is 6.87. The van der Waals surface area contributed by atoms with Crippen LogP contribution < -0.4 is 0 Å². The molecular weight excluding hydrogens is 326 g/mol. The number of rotatable bonds is 7. The molecule has 1 rings (SSSR count). The summed E-state index contributed by atoms with van der Waals surface area (Å²) < 4.78 is 11.4. The van der Waals surface area contributed by atoms with Crippen molar-refractivity contribution < 1.29 is 19.1 Å². The maximum absolute atomic E-state index is 12.7. The first-order chi connectivity index (χ1) is 9.51. The van der Waals surface area contributed by atoms with Gasteiger partial charge in [0.15, 0.2) is 0 Å². The van der Waals surface area contributed by atoms with Crippen molar-refractivity contribution in [2.75, 3.05) is 41.6 Å². The Morgan fingerprint density at radius 3 is 2.30 bits per heavy atom. The van der Waals surface area contributed by atoms with E-state index in [9.17, 15) is 4.79 Å². The van der Waals surface area contributed by atoms with Gasteiger partial charge in [-0.05, 0) is 17.7 Å². The SMILES string of the molecule is COCC(COC)(C(=O)N(C)OC)c1cccc(Br)c1. The summed E-state index contributed by atoms with van der Waals surface area (Å²) in [5.41, 5.74) is -0.137. The summed E-state index contributed by atoms with van der Waals surface area (Å²) in [6, 6.07) is 7.54. The van der Waals surface area contributed by atoms with E-state index in [1.165, 1.54) is 12.2 Å². The van der Waals surface area contributed by atoms with Crippen LogP contribution in [0.1, 0.15) is 5.56 Å². The second-order valence-electron chi connectivity index (χ2n) is 4.44. The van der Waals surface area contributed by atoms with Crippen LogP contribution in [-0.2, 0) is 24.5 Å². The number of methoxy groups -OCH3 is 2. The fourth-order valence-corrected chi connectivity index (χ4v) is 2.52. The molecule has 0 aliphatic rings. The van der Waals surface area contributed by atoms with E-state index in [1.54, 1.807) is 21.3 Å². The summed E-state index contributed by atoms with van der Waals surface area (Å²) in [6.45, 7) is 0.396. The van der Waals surface area contributed by atoms with Crippen LogP contribution in [0.2, 0.25) is 0 Å². The van der Waals surface area contributed by atoms with Crippen molar-refractivity contribution >= 4 is 21.8 Å². The van der Waals surface area contributed by atoms with E-state index in [2.05, 4.69) is 15.9 Å². The molecule has 0 spiro atoms. The molecule has 0 aliphatic carbocycles. The Balaban J connectivity index is 3.33. The topological polar surface area (TPSA) is 48.0 Å². The summed E-state index contributed by atoms with van der Waals surface area (Å²) >= 11 is 3.42. The van der Waals surface area contributed by atoms with E-state index in [4.69, 9.17) is 14.3 Å². The predicted molar refractivity (Wildman–Crippen MR) is 79.4 cm³/mol. The highest BCUT2D eigenvalue weighted by atomic mass is 79.9. The van der Waals surface area contributed by atoms with Gasteiger partial charge in [0.25, 0.3) is 5.91 Å². The van der Waals surface area contributed by atoms with Gasteiger partial charge in [0.2, 0.25) is 0 Å². The second kappa shape index (κ2) is 7.73. The van der Waals surface area contributed by atoms with E-state index in [0.29, 0.717) is 0 Å². The normalized spacial score (nSPS) is 11.4. The third-order valence-electron chi connectivity index (χ3n) is 3.13. The lowest BCUT2D eigenvalue weighted by Crippen LogP contribution is -2.51. The van der Waals surface area contributed by atoms with Crippen LogP contribution in [0.5, 0.6) is 0 Å². The quantitative estimate of drug-likeness (QED) is 0.709. The molecule has 0 unspecified atom stereocenters. The second-order valence-corrected chi connectivity index (χ2v) is 5.36. The minimum Gasteiger partial charge on any atom is -0.383 e. The van der Waals surface area contributed by atoms with E-state index < -0.39 is 5.41 Å². The molecule has 0 heterocycles. The van der Waals surface area contributed by atoms with Crippen molar-refractivity contribution in [3.63, 3.8) is 0 Å². The third kappa shape index (κ3) is 3.58. The number of hydrogen-bond acceptors (Lipinski definition) is 4. The number of likely N-dealkylation sites (N-methyl/N-ethyl adjacent to an activating group) is 1. The predicted octanol–water partition coefficient (Wildman–Crippen LogP) is 2.00. The molecule has 112 valence electrons. The van der Waals surface area contributed by atoms with Crippen molar-refractivity contribution in [1.82, 2.24) is 5.06 Å². The maximum Gasteiger partial charge on any atom is 0.261 e. The molecule has 1 aromatic carbocycles. The number of carbonyl (C=O) groups is 1. The number of benzene rings is 1. The summed E-state index contributed by atoms with van der Waals surface area (Å²) in [4.78, 5) is 17.7. The Hall–Kier alpha value is -0.950. The number of ether oxygens (including phenoxy) is 2. The molecule has 20 heavy (non-hydrogen) atoms. The maximum atomic E-state index is 12.7. The summed E-state index contributed by atoms with van der Waals surface area (Å²) in [5, 5.41) is 1.19. The van der Waals surface area contributed by atoms with Gasteiger partial charge in [-0.2, -0.15) is 0 Å². The Labute approximate surface area is 127 Å². The highest BCUT2D eigenvalue weighted by molar-refractivity contribution is 9.10. The number of hydrogen-bond donors (Lipinski definition) is 0. The monoisotopic (exact) mass is 345 g/mol. The molecular formula is C14H20BrNO4. The summed E-state index contributed by atoms with van der Waals surface area (Å²) in [5.74, 6) is -0.221. The molecule has 0 aliphatic heterocycles. The average molecular weight is 346 g/mol. The molecule has 0 saturated heterocycles. The molecule has 0 saturated carbocycles. The van der Waals surface area contributed by atoms with Gasteiger partial charge in [-0.1, -0.05) is 28.1 Å². The van der Waals surface area contributed by atoms with Crippen LogP contribution in [0.15, 0.2) is 28.7 Å². The van der Waals surface area contributed by atoms with Crippen LogP contribution in [0.25, 0.3) is 0 Å². The standard InChI is InChI=1S/C14H20BrNO4/c1-16(20-4)13(17)14(9-18-2,10-19-3)11-6-5-7-12(15)8-11/h5-8H,9-10H2,1-4H3. The number of amides is 1. The number of hydroxylamine groups is 2. The molecule has 5 nitrogen and oxygen atoms in total. The van der Waals surface area contributed by atoms with Crippen molar-refractivity contribution in [3.8, 4) is 0 Å². The number of carbonyl (C=O) groups excluding carboxylic acids is 1. The van der Waals surface area contributed by atoms with Crippen molar-refractivity contribution in [3.05, 3.63) is 34.3 Å². The van der Waals surface area contributed by atoms with Crippen LogP contribution in [0, 0.1) is 0 Å². The lowest BCUT2D eigenvalue weighted by Gasteiger charge is -2.34. The lowest BCUT2D eigenvalue weighted by molar-refractivity contribution is -0.179. The van der Waals surface area contributed by atoms with Gasteiger partial charge >= 0.3 is 0 Å². The van der Waals surface area contributed by atoms with Gasteiger partial charge in [-0.25, -0.2) is 5.06 Å². The van der Waals surface area contributed by atoms with Crippen molar-refractivity contribution in [2.45, 2.75) is 5.41 Å². The van der Waals surface area contributed by atoms with Crippen LogP contribution in [0.3, 0.4) is 0 Å². The first kappa shape index (κ1) is 17.1. The van der Waals surface area contributed by atoms with E-state index in [-0.39, 0.29) is 19.1 Å². The Morgan fingerprint density at radius 2 is 1.85 bits per heavy atom. The fraction of sp³-hybridized carbons (Fsp3) is 0.500. The summed E-state index contributed by atoms with van der Waals surface area (Å²) in [7, 11) is 6.13. The third-order valence-corrected chi connectivity index (χ3v) is 3.62. The fourth-order valence-electron chi connectivity index (χ4n) is 2.12. The van der Waals surface area contributed by atoms with Gasteiger partial charge in [0, 0.05) is 25.7 Å². The van der Waals surface area contributed by atoms with Gasteiger partial charge in [-0.3, -0.25) is 9.63 Å². The molecule has 1 aromatic rings. The molecule has 0 fully saturated rings. The van der Waals surface area contributed by atoms with Gasteiger partial charge < -0.3 is 9.47 Å². The average Bonchev–Trinajstić information content (AvgIpc) is 2.45. The smallest absolute Gasteiger partial charge is 0.261 e. The largest absolute Gasteiger partial charge is 0.383 e. The van der Waals surface area contributed by atoms with Crippen LogP contribution >= 0.6 is 15.9 Å². The first-order valence-electron chi connectivity index (χ1n) is 6.08. The lowest BCUT2D eigenvalue weighted by atomic mass is 9.80. The Kier molecular flexibility index (Phi) is 6.61. The number of halogens is 1. The van der Waals surface area contributed by atoms with Gasteiger partial charge in [0.05, 0.1) is 20.3 Å². The highest BCUT2D eigenvalue weighted by Gasteiger charge is 2.43. The Morgan fingerprint density at radius 1 is 1.25 bits per heavy atom. The zero-order valence-electron chi connectivity index (χ0n) is 12.2. The molecule has 0 radical (unpaired) electrons. The summed E-state index contributed by atoms with van der Waals surface area (Å²) in [6.07, 6.45) is 0. The van der Waals surface area contributed by atoms with Crippen molar-refractivity contribution in [1.29, 1.82) is 0 Å². The minimum atomic E-state index is -0.946. The minimum absolute atomic E-state index is 0.198. The molecule has 0 aromatic heterocycles. The van der Waals surface area contributed by atoms with Crippen LogP contribution in [0.4, 0.5) is 0 Å². The number of nitrogens with zero attached hydrogens (tertiary/aromatic N) is 1. The highest BCUT2D eigenvalue weighted by Crippen LogP contribution is 2.29. The molecule has 6 heteroatoms. The Bertz CT molecular complexity index is 447. The van der Waals surface area contributed by atoms with E-state index in [1.807, 2.05) is 24.3 Å². The van der Waals surface area contributed by atoms with Gasteiger partial charge in [-0.15, -0.1) is 0 Å².